The molecule has 0 unspecified atom stereocenters. The second kappa shape index (κ2) is 15.7. The number of benzene rings is 2. The van der Waals surface area contributed by atoms with Crippen LogP contribution in [0.2, 0.25) is 5.02 Å². The maximum absolute atomic E-state index is 15.0. The lowest BCUT2D eigenvalue weighted by molar-refractivity contribution is -0.253. The number of carbonyl (C=O) groups excluding carboxylic acids is 1. The monoisotopic (exact) mass is 683 g/mol. The molecule has 0 saturated heterocycles. The normalized spacial score (nSPS) is 14.8. The summed E-state index contributed by atoms with van der Waals surface area (Å²) >= 11 is 6.00. The Labute approximate surface area is 263 Å². The molecule has 2 amide bonds. The van der Waals surface area contributed by atoms with Crippen molar-refractivity contribution in [3.05, 3.63) is 94.5 Å². The number of rotatable bonds is 15. The molecule has 252 valence electrons. The number of alkyl halides is 7. The predicted octanol–water partition coefficient (Wildman–Crippen LogP) is 7.00. The minimum Gasteiger partial charge on any atom is -0.428 e. The van der Waals surface area contributed by atoms with Crippen LogP contribution in [0.4, 0.5) is 39.9 Å². The van der Waals surface area contributed by atoms with Crippen molar-refractivity contribution in [2.75, 3.05) is 13.2 Å². The van der Waals surface area contributed by atoms with Gasteiger partial charge in [0.2, 0.25) is 0 Å². The van der Waals surface area contributed by atoms with Gasteiger partial charge in [0.25, 0.3) is 0 Å². The smallest absolute Gasteiger partial charge is 0.428 e. The van der Waals surface area contributed by atoms with E-state index in [-0.39, 0.29) is 29.3 Å². The van der Waals surface area contributed by atoms with Gasteiger partial charge < -0.3 is 25.2 Å². The number of halogens is 9. The molecular weight excluding hydrogens is 654 g/mol. The van der Waals surface area contributed by atoms with E-state index in [1.165, 1.54) is 12.1 Å². The van der Waals surface area contributed by atoms with Crippen LogP contribution in [0.3, 0.4) is 0 Å². The second-order valence-electron chi connectivity index (χ2n) is 10.2. The molecule has 46 heavy (non-hydrogen) atoms. The summed E-state index contributed by atoms with van der Waals surface area (Å²) in [4.78, 5) is 17.7. The van der Waals surface area contributed by atoms with Gasteiger partial charge in [-0.15, -0.1) is 0 Å². The molecule has 7 nitrogen and oxygen atoms in total. The molecule has 0 aliphatic heterocycles. The molecule has 0 spiro atoms. The second-order valence-corrected chi connectivity index (χ2v) is 10.6. The number of aromatic nitrogens is 1. The number of urea groups is 1. The highest BCUT2D eigenvalue weighted by molar-refractivity contribution is 6.30. The predicted molar refractivity (Wildman–Crippen MR) is 151 cm³/mol. The average molecular weight is 684 g/mol. The van der Waals surface area contributed by atoms with Crippen LogP contribution < -0.4 is 15.4 Å². The van der Waals surface area contributed by atoms with Crippen LogP contribution in [0.25, 0.3) is 0 Å². The Morgan fingerprint density at radius 2 is 1.74 bits per heavy atom. The maximum atomic E-state index is 15.0. The molecule has 1 heterocycles. The SMILES string of the molecule is CCCCOC[C@@H](NC(=O)N[C@@](Cc1ccccc1)(c1cc(F)cc(OC(F)(F)C(F)F)c1)c1ccc(Cl)cn1)[C@@H](O)C(F)(F)F. The van der Waals surface area contributed by atoms with Crippen molar-refractivity contribution in [1.82, 2.24) is 15.6 Å². The van der Waals surface area contributed by atoms with Gasteiger partial charge in [-0.3, -0.25) is 4.98 Å². The zero-order valence-electron chi connectivity index (χ0n) is 24.1. The molecule has 0 aliphatic carbocycles. The Kier molecular flexibility index (Phi) is 12.6. The van der Waals surface area contributed by atoms with E-state index in [4.69, 9.17) is 16.3 Å². The summed E-state index contributed by atoms with van der Waals surface area (Å²) in [5.41, 5.74) is -2.14. The molecule has 0 radical (unpaired) electrons. The highest BCUT2D eigenvalue weighted by Gasteiger charge is 2.47. The van der Waals surface area contributed by atoms with Gasteiger partial charge in [0, 0.05) is 25.3 Å². The van der Waals surface area contributed by atoms with E-state index in [2.05, 4.69) is 15.0 Å². The van der Waals surface area contributed by atoms with Crippen LogP contribution >= 0.6 is 11.6 Å². The third kappa shape index (κ3) is 9.90. The van der Waals surface area contributed by atoms with E-state index < -0.39 is 60.6 Å². The molecule has 3 atom stereocenters. The largest absolute Gasteiger partial charge is 0.461 e. The fraction of sp³-hybridized carbons (Fsp3) is 0.400. The first-order valence-electron chi connectivity index (χ1n) is 13.8. The summed E-state index contributed by atoms with van der Waals surface area (Å²) in [7, 11) is 0. The number of hydrogen-bond acceptors (Lipinski definition) is 5. The fourth-order valence-corrected chi connectivity index (χ4v) is 4.53. The van der Waals surface area contributed by atoms with Crippen molar-refractivity contribution >= 4 is 17.6 Å². The van der Waals surface area contributed by atoms with E-state index >= 15 is 0 Å². The molecule has 1 aromatic heterocycles. The summed E-state index contributed by atoms with van der Waals surface area (Å²) in [5, 5.41) is 14.6. The van der Waals surface area contributed by atoms with Crippen LogP contribution in [0.15, 0.2) is 66.9 Å². The first-order valence-corrected chi connectivity index (χ1v) is 14.2. The van der Waals surface area contributed by atoms with Crippen LogP contribution in [0.5, 0.6) is 5.75 Å². The Bertz CT molecular complexity index is 1420. The molecular formula is C30H30ClF8N3O4. The molecule has 3 N–H and O–H groups in total. The summed E-state index contributed by atoms with van der Waals surface area (Å²) in [6, 6.07) is 9.17. The average Bonchev–Trinajstić information content (AvgIpc) is 2.97. The van der Waals surface area contributed by atoms with Gasteiger partial charge in [-0.05, 0) is 41.8 Å². The number of nitrogens with zero attached hydrogens (tertiary/aromatic N) is 1. The van der Waals surface area contributed by atoms with Crippen molar-refractivity contribution in [1.29, 1.82) is 0 Å². The first kappa shape index (κ1) is 36.8. The number of ether oxygens (including phenoxy) is 2. The molecule has 0 aliphatic rings. The highest BCUT2D eigenvalue weighted by Crippen LogP contribution is 2.37. The van der Waals surface area contributed by atoms with Crippen molar-refractivity contribution in [3.8, 4) is 5.75 Å². The van der Waals surface area contributed by atoms with Crippen molar-refractivity contribution in [3.63, 3.8) is 0 Å². The van der Waals surface area contributed by atoms with Crippen LogP contribution in [-0.2, 0) is 16.7 Å². The Morgan fingerprint density at radius 1 is 1.04 bits per heavy atom. The molecule has 0 fully saturated rings. The number of unbranched alkanes of at least 4 members (excludes halogenated alkanes) is 1. The third-order valence-corrected chi connectivity index (χ3v) is 6.87. The molecule has 16 heteroatoms. The number of hydrogen-bond donors (Lipinski definition) is 3. The zero-order valence-corrected chi connectivity index (χ0v) is 24.9. The van der Waals surface area contributed by atoms with Gasteiger partial charge in [0.05, 0.1) is 23.4 Å². The molecule has 2 aromatic carbocycles. The van der Waals surface area contributed by atoms with Crippen molar-refractivity contribution in [2.45, 2.75) is 62.6 Å². The van der Waals surface area contributed by atoms with Crippen molar-refractivity contribution < 1.29 is 54.5 Å². The lowest BCUT2D eigenvalue weighted by Crippen LogP contribution is -2.59. The van der Waals surface area contributed by atoms with Gasteiger partial charge in [-0.25, -0.2) is 9.18 Å². The Morgan fingerprint density at radius 3 is 2.33 bits per heavy atom. The van der Waals surface area contributed by atoms with E-state index in [1.54, 1.807) is 30.3 Å². The Balaban J connectivity index is 2.17. The van der Waals surface area contributed by atoms with Crippen LogP contribution in [0, 0.1) is 5.82 Å². The maximum Gasteiger partial charge on any atom is 0.461 e. The number of amides is 2. The van der Waals surface area contributed by atoms with Crippen molar-refractivity contribution in [2.24, 2.45) is 0 Å². The number of carbonyl (C=O) groups is 1. The molecule has 3 rings (SSSR count). The van der Waals surface area contributed by atoms with Gasteiger partial charge in [-0.1, -0.05) is 55.3 Å². The van der Waals surface area contributed by atoms with E-state index in [0.717, 1.165) is 18.3 Å². The number of aliphatic hydroxyl groups is 1. The summed E-state index contributed by atoms with van der Waals surface area (Å²) in [6.45, 7) is 1.09. The molecule has 3 aromatic rings. The standard InChI is InChI=1S/C30H30ClF8N3O4/c1-2-3-11-45-17-23(25(43)29(35,36)37)41-27(44)42-28(15-18-7-5-4-6-8-18,24-10-9-20(31)16-40-24)19-12-21(32)14-22(13-19)46-30(38,39)26(33)34/h4-10,12-14,16,23,25-26,43H,2-3,11,15,17H2,1H3,(H2,41,42,44)/t23-,25-,28+/m1/s1. The van der Waals surface area contributed by atoms with Gasteiger partial charge in [0.1, 0.15) is 17.1 Å². The topological polar surface area (TPSA) is 92.7 Å². The molecule has 0 saturated carbocycles. The van der Waals surface area contributed by atoms with Crippen LogP contribution in [0.1, 0.15) is 36.6 Å². The van der Waals surface area contributed by atoms with Gasteiger partial charge >= 0.3 is 24.7 Å². The van der Waals surface area contributed by atoms with E-state index in [9.17, 15) is 45.0 Å². The highest BCUT2D eigenvalue weighted by atomic mass is 35.5. The lowest BCUT2D eigenvalue weighted by atomic mass is 9.80. The summed E-state index contributed by atoms with van der Waals surface area (Å²) < 4.78 is 118. The first-order chi connectivity index (χ1) is 21.6. The number of pyridine rings is 1. The van der Waals surface area contributed by atoms with Crippen LogP contribution in [-0.4, -0.2) is 60.2 Å². The lowest BCUT2D eigenvalue weighted by Gasteiger charge is -2.36. The summed E-state index contributed by atoms with van der Waals surface area (Å²) in [5.74, 6) is -2.30. The molecule has 0 bridgehead atoms. The van der Waals surface area contributed by atoms with Gasteiger partial charge in [0.15, 0.2) is 6.10 Å². The van der Waals surface area contributed by atoms with Gasteiger partial charge in [-0.2, -0.15) is 30.7 Å². The minimum absolute atomic E-state index is 0.0306. The fourth-order valence-electron chi connectivity index (χ4n) is 4.42. The third-order valence-electron chi connectivity index (χ3n) is 6.65. The Hall–Kier alpha value is -3.69. The number of aliphatic hydroxyl groups excluding tert-OH is 1. The quantitative estimate of drug-likeness (QED) is 0.119. The summed E-state index contributed by atoms with van der Waals surface area (Å²) in [6.07, 6.45) is -15.6. The minimum atomic E-state index is -5.17. The van der Waals surface area contributed by atoms with E-state index in [0.29, 0.717) is 24.5 Å². The number of nitrogens with one attached hydrogen (secondary N) is 2. The zero-order chi connectivity index (χ0) is 34.1. The van der Waals surface area contributed by atoms with E-state index in [1.807, 2.05) is 12.2 Å².